The van der Waals surface area contributed by atoms with Gasteiger partial charge in [0.1, 0.15) is 0 Å². The van der Waals surface area contributed by atoms with Crippen LogP contribution in [0.25, 0.3) is 67.2 Å². The fraction of sp³-hybridized carbons (Fsp3) is 0.125. The van der Waals surface area contributed by atoms with Crippen LogP contribution in [0.2, 0.25) is 0 Å². The Morgan fingerprint density at radius 3 is 1.89 bits per heavy atom. The monoisotopic (exact) mass is 584 g/mol. The van der Waals surface area contributed by atoms with Gasteiger partial charge in [-0.05, 0) is 57.6 Å². The summed E-state index contributed by atoms with van der Waals surface area (Å²) in [6.45, 7) is 4.60. The summed E-state index contributed by atoms with van der Waals surface area (Å²) in [6.07, 6.45) is 0. The van der Waals surface area contributed by atoms with Gasteiger partial charge in [-0.3, -0.25) is 9.13 Å². The second kappa shape index (κ2) is 10.00. The highest BCUT2D eigenvalue weighted by Gasteiger charge is 2.35. The molecule has 0 bridgehead atoms. The molecule has 1 aliphatic rings. The van der Waals surface area contributed by atoms with Gasteiger partial charge in [-0.1, -0.05) is 111 Å². The van der Waals surface area contributed by atoms with Crippen molar-refractivity contribution >= 4 is 11.0 Å². The summed E-state index contributed by atoms with van der Waals surface area (Å²) in [5.41, 5.74) is 14.0. The molecule has 0 saturated heterocycles. The van der Waals surface area contributed by atoms with Crippen LogP contribution in [-0.4, -0.2) is 19.1 Å². The molecule has 1 aliphatic carbocycles. The van der Waals surface area contributed by atoms with E-state index >= 15 is 0 Å². The summed E-state index contributed by atoms with van der Waals surface area (Å²) < 4.78 is 3.37. The molecule has 45 heavy (non-hydrogen) atoms. The van der Waals surface area contributed by atoms with Gasteiger partial charge in [0.15, 0.2) is 5.82 Å². The maximum Gasteiger partial charge on any atom is 0.328 e. The summed E-state index contributed by atoms with van der Waals surface area (Å²) in [5.74, 6) is 0.698. The van der Waals surface area contributed by atoms with Crippen LogP contribution in [0, 0.1) is 0 Å². The molecule has 0 spiro atoms. The Morgan fingerprint density at radius 1 is 0.511 bits per heavy atom. The van der Waals surface area contributed by atoms with Gasteiger partial charge in [0.25, 0.3) is 0 Å². The number of rotatable bonds is 4. The molecule has 7 aromatic rings. The van der Waals surface area contributed by atoms with Crippen LogP contribution in [-0.2, 0) is 19.5 Å². The lowest BCUT2D eigenvalue weighted by atomic mass is 9.82. The Morgan fingerprint density at radius 2 is 1.11 bits per heavy atom. The third-order valence-corrected chi connectivity index (χ3v) is 9.42. The fourth-order valence-corrected chi connectivity index (χ4v) is 6.86. The number of aromatic nitrogens is 4. The number of nitrogens with zero attached hydrogens (tertiary/aromatic N) is 4. The van der Waals surface area contributed by atoms with Gasteiger partial charge < -0.3 is 0 Å². The molecule has 0 atom stereocenters. The lowest BCUT2D eigenvalue weighted by Crippen LogP contribution is -2.19. The minimum atomic E-state index is -0.0437. The van der Waals surface area contributed by atoms with E-state index in [1.807, 2.05) is 31.3 Å². The Kier molecular flexibility index (Phi) is 6.00. The molecule has 0 saturated carbocycles. The van der Waals surface area contributed by atoms with Crippen LogP contribution in [0.15, 0.2) is 126 Å². The van der Waals surface area contributed by atoms with Crippen molar-refractivity contribution in [1.29, 1.82) is 0 Å². The zero-order chi connectivity index (χ0) is 30.9. The zero-order valence-electron chi connectivity index (χ0n) is 25.7. The first-order valence-electron chi connectivity index (χ1n) is 15.3. The summed E-state index contributed by atoms with van der Waals surface area (Å²) >= 11 is 0. The summed E-state index contributed by atoms with van der Waals surface area (Å²) in [6, 6.07) is 42.4. The molecule has 0 N–H and O–H groups in total. The summed E-state index contributed by atoms with van der Waals surface area (Å²) in [5, 5.41) is 0. The van der Waals surface area contributed by atoms with Crippen LogP contribution in [0.3, 0.4) is 0 Å². The molecule has 0 aliphatic heterocycles. The topological polar surface area (TPSA) is 52.7 Å². The molecule has 5 heteroatoms. The number of aryl methyl sites for hydroxylation is 2. The van der Waals surface area contributed by atoms with Crippen molar-refractivity contribution < 1.29 is 0 Å². The Hall–Kier alpha value is -5.55. The number of imidazole rings is 1. The van der Waals surface area contributed by atoms with Crippen LogP contribution >= 0.6 is 0 Å². The van der Waals surface area contributed by atoms with E-state index in [2.05, 4.69) is 111 Å². The average Bonchev–Trinajstić information content (AvgIpc) is 3.45. The van der Waals surface area contributed by atoms with E-state index in [9.17, 15) is 4.79 Å². The first-order chi connectivity index (χ1) is 21.8. The first-order valence-corrected chi connectivity index (χ1v) is 15.3. The molecule has 5 nitrogen and oxygen atoms in total. The molecule has 2 aromatic heterocycles. The number of benzene rings is 5. The maximum atomic E-state index is 12.4. The number of fused-ring (bicyclic) bond motifs is 4. The van der Waals surface area contributed by atoms with Crippen molar-refractivity contribution in [2.24, 2.45) is 14.1 Å². The second-order valence-electron chi connectivity index (χ2n) is 12.4. The Labute approximate surface area is 262 Å². The molecule has 0 unspecified atom stereocenters. The quantitative estimate of drug-likeness (QED) is 0.208. The van der Waals surface area contributed by atoms with E-state index < -0.39 is 0 Å². The van der Waals surface area contributed by atoms with Crippen molar-refractivity contribution in [2.45, 2.75) is 19.3 Å². The normalized spacial score (nSPS) is 13.2. The molecule has 218 valence electrons. The molecular formula is C40H32N4O. The van der Waals surface area contributed by atoms with E-state index in [-0.39, 0.29) is 11.1 Å². The molecule has 0 radical (unpaired) electrons. The van der Waals surface area contributed by atoms with Crippen molar-refractivity contribution in [3.05, 3.63) is 143 Å². The number of hydrogen-bond donors (Lipinski definition) is 0. The van der Waals surface area contributed by atoms with Gasteiger partial charge in [0.05, 0.1) is 22.4 Å². The predicted molar refractivity (Wildman–Crippen MR) is 183 cm³/mol. The van der Waals surface area contributed by atoms with Crippen molar-refractivity contribution in [3.63, 3.8) is 0 Å². The molecule has 2 heterocycles. The molecule has 0 amide bonds. The lowest BCUT2D eigenvalue weighted by molar-refractivity contribution is 0.660. The van der Waals surface area contributed by atoms with Crippen LogP contribution < -0.4 is 5.69 Å². The first kappa shape index (κ1) is 27.0. The van der Waals surface area contributed by atoms with Crippen molar-refractivity contribution in [3.8, 4) is 56.2 Å². The molecule has 8 rings (SSSR count). The molecule has 0 fully saturated rings. The maximum absolute atomic E-state index is 12.4. The molecule has 5 aromatic carbocycles. The van der Waals surface area contributed by atoms with Crippen LogP contribution in [0.1, 0.15) is 25.0 Å². The Balaban J connectivity index is 1.23. The van der Waals surface area contributed by atoms with Gasteiger partial charge in [0, 0.05) is 36.2 Å². The van der Waals surface area contributed by atoms with Crippen LogP contribution in [0.4, 0.5) is 0 Å². The Bertz CT molecular complexity index is 2330. The van der Waals surface area contributed by atoms with E-state index in [4.69, 9.17) is 9.97 Å². The highest BCUT2D eigenvalue weighted by molar-refractivity contribution is 5.86. The summed E-state index contributed by atoms with van der Waals surface area (Å²) in [4.78, 5) is 22.6. The zero-order valence-corrected chi connectivity index (χ0v) is 25.7. The third kappa shape index (κ3) is 4.26. The standard InChI is InChI=1S/C40H32N4O/c1-40(2)32-13-9-8-12-30(32)31-22-29(18-20-33(31)40)35-24-34(41-38(42-35)27-10-6-5-7-11-27)26-16-14-25(15-17-26)28-19-21-36-37(23-28)44(4)39(45)43(36)3/h5-24H,1-4H3. The van der Waals surface area contributed by atoms with E-state index in [0.717, 1.165) is 50.2 Å². The van der Waals surface area contributed by atoms with Crippen molar-refractivity contribution in [1.82, 2.24) is 19.1 Å². The highest BCUT2D eigenvalue weighted by Crippen LogP contribution is 2.49. The van der Waals surface area contributed by atoms with Gasteiger partial charge in [-0.2, -0.15) is 0 Å². The van der Waals surface area contributed by atoms with E-state index in [1.54, 1.807) is 16.2 Å². The van der Waals surface area contributed by atoms with Crippen LogP contribution in [0.5, 0.6) is 0 Å². The largest absolute Gasteiger partial charge is 0.328 e. The van der Waals surface area contributed by atoms with Gasteiger partial charge in [-0.25, -0.2) is 14.8 Å². The van der Waals surface area contributed by atoms with E-state index in [0.29, 0.717) is 5.82 Å². The smallest absolute Gasteiger partial charge is 0.295 e. The fourth-order valence-electron chi connectivity index (χ4n) is 6.86. The number of hydrogen-bond acceptors (Lipinski definition) is 3. The second-order valence-corrected chi connectivity index (χ2v) is 12.4. The van der Waals surface area contributed by atoms with Gasteiger partial charge in [0.2, 0.25) is 0 Å². The van der Waals surface area contributed by atoms with E-state index in [1.165, 1.54) is 22.3 Å². The highest BCUT2D eigenvalue weighted by atomic mass is 16.1. The van der Waals surface area contributed by atoms with Gasteiger partial charge in [-0.15, -0.1) is 0 Å². The van der Waals surface area contributed by atoms with Gasteiger partial charge >= 0.3 is 5.69 Å². The summed E-state index contributed by atoms with van der Waals surface area (Å²) in [7, 11) is 3.62. The molecular weight excluding hydrogens is 552 g/mol. The lowest BCUT2D eigenvalue weighted by Gasteiger charge is -2.21. The minimum absolute atomic E-state index is 0.0254. The SMILES string of the molecule is Cn1c(=O)n(C)c2cc(-c3ccc(-c4cc(-c5ccc6c(c5)-c5ccccc5C6(C)C)nc(-c5ccccc5)n4)cc3)ccc21. The average molecular weight is 585 g/mol. The third-order valence-electron chi connectivity index (χ3n) is 9.42. The predicted octanol–water partition coefficient (Wildman–Crippen LogP) is 8.64. The van der Waals surface area contributed by atoms with Crippen molar-refractivity contribution in [2.75, 3.05) is 0 Å². The minimum Gasteiger partial charge on any atom is -0.295 e.